The summed E-state index contributed by atoms with van der Waals surface area (Å²) in [6.45, 7) is 2.49. The number of carbonyl (C=O) groups excluding carboxylic acids is 2. The van der Waals surface area contributed by atoms with Gasteiger partial charge in [-0.25, -0.2) is 4.90 Å². The molecule has 2 aliphatic rings. The second-order valence-electron chi connectivity index (χ2n) is 6.91. The van der Waals surface area contributed by atoms with Gasteiger partial charge in [0.05, 0.1) is 23.1 Å². The van der Waals surface area contributed by atoms with E-state index < -0.39 is 11.0 Å². The number of piperidine rings is 1. The van der Waals surface area contributed by atoms with Crippen LogP contribution in [0.15, 0.2) is 18.2 Å². The van der Waals surface area contributed by atoms with Gasteiger partial charge in [0.1, 0.15) is 0 Å². The lowest BCUT2D eigenvalue weighted by molar-refractivity contribution is -0.384. The van der Waals surface area contributed by atoms with Crippen LogP contribution >= 0.6 is 0 Å². The fourth-order valence-electron chi connectivity index (χ4n) is 3.97. The van der Waals surface area contributed by atoms with Gasteiger partial charge < -0.3 is 5.11 Å². The first kappa shape index (κ1) is 18.5. The van der Waals surface area contributed by atoms with Crippen LogP contribution in [0.25, 0.3) is 0 Å². The van der Waals surface area contributed by atoms with Crippen LogP contribution in [0.3, 0.4) is 0 Å². The van der Waals surface area contributed by atoms with Gasteiger partial charge in [-0.1, -0.05) is 12.5 Å². The van der Waals surface area contributed by atoms with Crippen molar-refractivity contribution >= 4 is 23.2 Å². The number of amides is 2. The maximum absolute atomic E-state index is 13.0. The molecule has 2 fully saturated rings. The summed E-state index contributed by atoms with van der Waals surface area (Å²) in [5, 5.41) is 20.3. The van der Waals surface area contributed by atoms with Crippen LogP contribution in [0.5, 0.6) is 0 Å². The molecule has 1 N–H and O–H groups in total. The van der Waals surface area contributed by atoms with E-state index in [2.05, 4.69) is 0 Å². The largest absolute Gasteiger partial charge is 0.396 e. The molecule has 0 aliphatic carbocycles. The number of aryl methyl sites for hydroxylation is 1. The molecule has 0 spiro atoms. The highest BCUT2D eigenvalue weighted by molar-refractivity contribution is 6.22. The molecule has 0 bridgehead atoms. The van der Waals surface area contributed by atoms with Crippen LogP contribution in [0.1, 0.15) is 37.7 Å². The predicted octanol–water partition coefficient (Wildman–Crippen LogP) is 1.77. The molecular weight excluding hydrogens is 338 g/mol. The molecule has 3 rings (SSSR count). The van der Waals surface area contributed by atoms with Gasteiger partial charge in [-0.15, -0.1) is 0 Å². The van der Waals surface area contributed by atoms with Gasteiger partial charge in [-0.05, 0) is 38.3 Å². The van der Waals surface area contributed by atoms with Gasteiger partial charge in [0, 0.05) is 24.8 Å². The molecule has 2 atom stereocenters. The van der Waals surface area contributed by atoms with Crippen LogP contribution in [0.4, 0.5) is 11.4 Å². The number of imide groups is 1. The number of likely N-dealkylation sites (tertiary alicyclic amines) is 1. The van der Waals surface area contributed by atoms with Crippen LogP contribution < -0.4 is 4.90 Å². The van der Waals surface area contributed by atoms with E-state index in [1.54, 1.807) is 13.0 Å². The van der Waals surface area contributed by atoms with Crippen LogP contribution in [0, 0.1) is 17.0 Å². The van der Waals surface area contributed by atoms with Crippen molar-refractivity contribution in [3.8, 4) is 0 Å². The molecule has 2 heterocycles. The second kappa shape index (κ2) is 7.51. The molecule has 0 unspecified atom stereocenters. The minimum atomic E-state index is -0.557. The highest BCUT2D eigenvalue weighted by atomic mass is 16.6. The summed E-state index contributed by atoms with van der Waals surface area (Å²) in [6.07, 6.45) is 3.55. The third kappa shape index (κ3) is 3.34. The zero-order valence-electron chi connectivity index (χ0n) is 14.8. The molecule has 2 amide bonds. The summed E-state index contributed by atoms with van der Waals surface area (Å²) in [4.78, 5) is 39.3. The fraction of sp³-hybridized carbons (Fsp3) is 0.556. The number of hydrogen-bond donors (Lipinski definition) is 1. The number of anilines is 1. The number of nitro benzene ring substituents is 1. The molecule has 1 aromatic carbocycles. The average Bonchev–Trinajstić information content (AvgIpc) is 2.90. The number of rotatable bonds is 5. The molecule has 2 saturated heterocycles. The standard InChI is InChI=1S/C18H23N3O5/c1-12-5-6-14(21(25)26)10-15(12)20-17(23)11-16(18(20)24)19-8-3-2-4-13(19)7-9-22/h5-6,10,13,16,22H,2-4,7-9,11H2,1H3/t13-,16+/m1/s1. The number of benzene rings is 1. The topological polar surface area (TPSA) is 104 Å². The number of non-ortho nitro benzene ring substituents is 1. The Morgan fingerprint density at radius 3 is 2.77 bits per heavy atom. The highest BCUT2D eigenvalue weighted by Gasteiger charge is 2.45. The molecule has 0 aromatic heterocycles. The van der Waals surface area contributed by atoms with Gasteiger partial charge in [0.2, 0.25) is 5.91 Å². The third-order valence-corrected chi connectivity index (χ3v) is 5.30. The Labute approximate surface area is 151 Å². The first-order valence-electron chi connectivity index (χ1n) is 8.92. The van der Waals surface area contributed by atoms with E-state index in [0.29, 0.717) is 12.0 Å². The zero-order valence-corrected chi connectivity index (χ0v) is 14.8. The first-order valence-corrected chi connectivity index (χ1v) is 8.92. The van der Waals surface area contributed by atoms with Gasteiger partial charge in [0.25, 0.3) is 11.6 Å². The van der Waals surface area contributed by atoms with E-state index in [1.807, 2.05) is 4.90 Å². The summed E-state index contributed by atoms with van der Waals surface area (Å²) in [7, 11) is 0. The van der Waals surface area contributed by atoms with E-state index in [9.17, 15) is 24.8 Å². The number of aliphatic hydroxyl groups excluding tert-OH is 1. The predicted molar refractivity (Wildman–Crippen MR) is 94.8 cm³/mol. The molecular formula is C18H23N3O5. The Bertz CT molecular complexity index is 734. The minimum Gasteiger partial charge on any atom is -0.396 e. The molecule has 2 aliphatic heterocycles. The Morgan fingerprint density at radius 2 is 2.08 bits per heavy atom. The number of aliphatic hydroxyl groups is 1. The van der Waals surface area contributed by atoms with Crippen molar-refractivity contribution in [3.05, 3.63) is 33.9 Å². The van der Waals surface area contributed by atoms with Crippen LogP contribution in [-0.4, -0.2) is 52.0 Å². The summed E-state index contributed by atoms with van der Waals surface area (Å²) >= 11 is 0. The van der Waals surface area contributed by atoms with E-state index in [0.717, 1.165) is 30.7 Å². The van der Waals surface area contributed by atoms with Crippen molar-refractivity contribution in [1.82, 2.24) is 4.90 Å². The second-order valence-corrected chi connectivity index (χ2v) is 6.91. The smallest absolute Gasteiger partial charge is 0.271 e. The summed E-state index contributed by atoms with van der Waals surface area (Å²) in [6, 6.07) is 3.73. The quantitative estimate of drug-likeness (QED) is 0.487. The van der Waals surface area contributed by atoms with E-state index in [1.165, 1.54) is 12.1 Å². The maximum atomic E-state index is 13.0. The SMILES string of the molecule is Cc1ccc([N+](=O)[O-])cc1N1C(=O)C[C@H](N2CCCC[C@@H]2CCO)C1=O. The number of nitro groups is 1. The molecule has 8 nitrogen and oxygen atoms in total. The lowest BCUT2D eigenvalue weighted by Gasteiger charge is -2.38. The van der Waals surface area contributed by atoms with Crippen LogP contribution in [0.2, 0.25) is 0 Å². The summed E-state index contributed by atoms with van der Waals surface area (Å²) in [5.41, 5.74) is 0.779. The van der Waals surface area contributed by atoms with Crippen molar-refractivity contribution < 1.29 is 19.6 Å². The van der Waals surface area contributed by atoms with Crippen LogP contribution in [-0.2, 0) is 9.59 Å². The third-order valence-electron chi connectivity index (χ3n) is 5.30. The number of hydrogen-bond acceptors (Lipinski definition) is 6. The van der Waals surface area contributed by atoms with E-state index >= 15 is 0 Å². The fourth-order valence-corrected chi connectivity index (χ4v) is 3.97. The zero-order chi connectivity index (χ0) is 18.8. The first-order chi connectivity index (χ1) is 12.4. The molecule has 140 valence electrons. The van der Waals surface area contributed by atoms with Gasteiger partial charge in [-0.3, -0.25) is 24.6 Å². The van der Waals surface area contributed by atoms with Crippen molar-refractivity contribution in [2.24, 2.45) is 0 Å². The number of carbonyl (C=O) groups is 2. The molecule has 0 saturated carbocycles. The number of nitrogens with zero attached hydrogens (tertiary/aromatic N) is 3. The highest BCUT2D eigenvalue weighted by Crippen LogP contribution is 2.33. The molecule has 8 heteroatoms. The van der Waals surface area contributed by atoms with E-state index in [-0.39, 0.29) is 42.3 Å². The lowest BCUT2D eigenvalue weighted by Crippen LogP contribution is -2.50. The van der Waals surface area contributed by atoms with Crippen molar-refractivity contribution in [2.75, 3.05) is 18.1 Å². The van der Waals surface area contributed by atoms with Crippen molar-refractivity contribution in [3.63, 3.8) is 0 Å². The average molecular weight is 361 g/mol. The monoisotopic (exact) mass is 361 g/mol. The molecule has 1 aromatic rings. The Kier molecular flexibility index (Phi) is 5.33. The lowest BCUT2D eigenvalue weighted by atomic mass is 9.97. The van der Waals surface area contributed by atoms with Gasteiger partial charge >= 0.3 is 0 Å². The van der Waals surface area contributed by atoms with Crippen molar-refractivity contribution in [2.45, 2.75) is 51.1 Å². The van der Waals surface area contributed by atoms with Gasteiger partial charge in [-0.2, -0.15) is 0 Å². The Balaban J connectivity index is 1.90. The minimum absolute atomic E-state index is 0.0454. The Morgan fingerprint density at radius 1 is 1.31 bits per heavy atom. The normalized spacial score (nSPS) is 24.3. The summed E-state index contributed by atoms with van der Waals surface area (Å²) in [5.74, 6) is -0.666. The van der Waals surface area contributed by atoms with E-state index in [4.69, 9.17) is 0 Å². The summed E-state index contributed by atoms with van der Waals surface area (Å²) < 4.78 is 0. The molecule has 26 heavy (non-hydrogen) atoms. The maximum Gasteiger partial charge on any atom is 0.271 e. The Hall–Kier alpha value is -2.32. The molecule has 0 radical (unpaired) electrons. The van der Waals surface area contributed by atoms with Gasteiger partial charge in [0.15, 0.2) is 0 Å². The van der Waals surface area contributed by atoms with Crippen molar-refractivity contribution in [1.29, 1.82) is 0 Å².